The van der Waals surface area contributed by atoms with E-state index in [0.717, 1.165) is 16.9 Å². The topological polar surface area (TPSA) is 114 Å². The minimum Gasteiger partial charge on any atom is -0.326 e. The van der Waals surface area contributed by atoms with Gasteiger partial charge in [0, 0.05) is 23.4 Å². The molecule has 0 aliphatic rings. The molecule has 0 spiro atoms. The van der Waals surface area contributed by atoms with Crippen LogP contribution in [0.25, 0.3) is 10.2 Å². The number of nitro groups is 1. The molecule has 0 unspecified atom stereocenters. The summed E-state index contributed by atoms with van der Waals surface area (Å²) in [7, 11) is 0. The van der Waals surface area contributed by atoms with Crippen LogP contribution in [0.3, 0.4) is 0 Å². The summed E-state index contributed by atoms with van der Waals surface area (Å²) in [4.78, 5) is 39.4. The van der Waals surface area contributed by atoms with Crippen molar-refractivity contribution in [3.8, 4) is 0 Å². The van der Waals surface area contributed by atoms with E-state index in [0.29, 0.717) is 26.6 Å². The number of aromatic nitrogens is 1. The molecule has 0 radical (unpaired) electrons. The van der Waals surface area contributed by atoms with Crippen LogP contribution in [0, 0.1) is 10.1 Å². The number of benzene rings is 3. The minimum absolute atomic E-state index is 0.0288. The van der Waals surface area contributed by atoms with Crippen molar-refractivity contribution in [3.63, 3.8) is 0 Å². The second-order valence-corrected chi connectivity index (χ2v) is 7.70. The Morgan fingerprint density at radius 2 is 1.71 bits per heavy atom. The molecule has 31 heavy (non-hydrogen) atoms. The lowest BCUT2D eigenvalue weighted by Crippen LogP contribution is -2.15. The molecule has 0 saturated carbocycles. The Morgan fingerprint density at radius 1 is 0.968 bits per heavy atom. The predicted octanol–water partition coefficient (Wildman–Crippen LogP) is 4.64. The summed E-state index contributed by atoms with van der Waals surface area (Å²) in [6, 6.07) is 20.3. The Balaban J connectivity index is 1.39. The van der Waals surface area contributed by atoms with Gasteiger partial charge in [-0.1, -0.05) is 41.7 Å². The minimum atomic E-state index is -0.475. The molecule has 0 aliphatic heterocycles. The molecular weight excluding hydrogens is 416 g/mol. The molecule has 2 amide bonds. The zero-order chi connectivity index (χ0) is 21.8. The number of nitro benzene ring substituents is 1. The highest BCUT2D eigenvalue weighted by Gasteiger charge is 2.13. The van der Waals surface area contributed by atoms with Gasteiger partial charge in [0.15, 0.2) is 5.13 Å². The molecule has 9 heteroatoms. The van der Waals surface area contributed by atoms with Gasteiger partial charge in [0.25, 0.3) is 11.6 Å². The fraction of sp³-hybridized carbons (Fsp3) is 0.0455. The monoisotopic (exact) mass is 432 g/mol. The summed E-state index contributed by atoms with van der Waals surface area (Å²) in [5.41, 5.74) is 2.44. The van der Waals surface area contributed by atoms with Gasteiger partial charge < -0.3 is 5.32 Å². The Bertz CT molecular complexity index is 1270. The number of hydrogen-bond donors (Lipinski definition) is 2. The third kappa shape index (κ3) is 4.90. The Hall–Kier alpha value is -4.11. The molecule has 0 fully saturated rings. The lowest BCUT2D eigenvalue weighted by Gasteiger charge is -2.07. The van der Waals surface area contributed by atoms with E-state index in [4.69, 9.17) is 0 Å². The second kappa shape index (κ2) is 8.72. The third-order valence-electron chi connectivity index (χ3n) is 4.44. The molecule has 4 aromatic rings. The molecule has 0 aliphatic carbocycles. The predicted molar refractivity (Wildman–Crippen MR) is 119 cm³/mol. The summed E-state index contributed by atoms with van der Waals surface area (Å²) in [5.74, 6) is -0.511. The molecule has 0 bridgehead atoms. The first-order valence-electron chi connectivity index (χ1n) is 9.28. The third-order valence-corrected chi connectivity index (χ3v) is 5.38. The number of hydrogen-bond acceptors (Lipinski definition) is 6. The van der Waals surface area contributed by atoms with E-state index < -0.39 is 4.92 Å². The van der Waals surface area contributed by atoms with Gasteiger partial charge in [-0.2, -0.15) is 0 Å². The number of anilines is 2. The molecule has 2 N–H and O–H groups in total. The maximum atomic E-state index is 12.5. The summed E-state index contributed by atoms with van der Waals surface area (Å²) in [5, 5.41) is 16.7. The first kappa shape index (κ1) is 20.2. The van der Waals surface area contributed by atoms with Crippen LogP contribution in [0.4, 0.5) is 16.5 Å². The van der Waals surface area contributed by atoms with Crippen molar-refractivity contribution < 1.29 is 14.5 Å². The van der Waals surface area contributed by atoms with Gasteiger partial charge in [-0.3, -0.25) is 25.0 Å². The lowest BCUT2D eigenvalue weighted by atomic mass is 10.1. The van der Waals surface area contributed by atoms with Crippen molar-refractivity contribution in [2.75, 3.05) is 10.6 Å². The molecule has 8 nitrogen and oxygen atoms in total. The molecule has 4 rings (SSSR count). The van der Waals surface area contributed by atoms with Gasteiger partial charge in [0.1, 0.15) is 0 Å². The first-order valence-corrected chi connectivity index (χ1v) is 10.1. The van der Waals surface area contributed by atoms with Gasteiger partial charge in [0.2, 0.25) is 5.91 Å². The van der Waals surface area contributed by atoms with Crippen molar-refractivity contribution in [1.29, 1.82) is 0 Å². The van der Waals surface area contributed by atoms with Crippen molar-refractivity contribution in [2.24, 2.45) is 0 Å². The fourth-order valence-corrected chi connectivity index (χ4v) is 3.83. The molecule has 1 heterocycles. The second-order valence-electron chi connectivity index (χ2n) is 6.67. The summed E-state index contributed by atoms with van der Waals surface area (Å²) in [6.45, 7) is 0. The highest BCUT2D eigenvalue weighted by atomic mass is 32.1. The lowest BCUT2D eigenvalue weighted by molar-refractivity contribution is -0.384. The van der Waals surface area contributed by atoms with E-state index in [1.807, 2.05) is 30.3 Å². The first-order chi connectivity index (χ1) is 15.0. The maximum Gasteiger partial charge on any atom is 0.270 e. The number of thiazole rings is 1. The van der Waals surface area contributed by atoms with Gasteiger partial charge in [-0.05, 0) is 35.9 Å². The van der Waals surface area contributed by atoms with E-state index in [-0.39, 0.29) is 23.9 Å². The van der Waals surface area contributed by atoms with Crippen LogP contribution in [-0.4, -0.2) is 21.7 Å². The largest absolute Gasteiger partial charge is 0.326 e. The Morgan fingerprint density at radius 3 is 2.42 bits per heavy atom. The smallest absolute Gasteiger partial charge is 0.270 e. The summed E-state index contributed by atoms with van der Waals surface area (Å²) < 4.78 is 0.612. The van der Waals surface area contributed by atoms with Gasteiger partial charge in [-0.15, -0.1) is 0 Å². The Labute approximate surface area is 180 Å². The van der Waals surface area contributed by atoms with E-state index in [1.54, 1.807) is 30.3 Å². The van der Waals surface area contributed by atoms with E-state index in [9.17, 15) is 19.7 Å². The quantitative estimate of drug-likeness (QED) is 0.340. The number of rotatable bonds is 6. The van der Waals surface area contributed by atoms with Crippen LogP contribution < -0.4 is 10.6 Å². The number of amides is 2. The highest BCUT2D eigenvalue weighted by molar-refractivity contribution is 7.22. The number of non-ortho nitro benzene ring substituents is 1. The van der Waals surface area contributed by atoms with Gasteiger partial charge in [0.05, 0.1) is 21.6 Å². The number of nitrogens with zero attached hydrogens (tertiary/aromatic N) is 2. The van der Waals surface area contributed by atoms with E-state index in [2.05, 4.69) is 15.6 Å². The summed E-state index contributed by atoms with van der Waals surface area (Å²) >= 11 is 1.16. The van der Waals surface area contributed by atoms with Crippen molar-refractivity contribution in [3.05, 3.63) is 94.0 Å². The average Bonchev–Trinajstić information content (AvgIpc) is 3.16. The standard InChI is InChI=1S/C22H16N4O4S/c27-20(12-14-4-2-1-3-5-14)23-16-8-6-15(7-9-16)21(28)25-22-24-18-11-10-17(26(29)30)13-19(18)31-22/h1-11,13H,12H2,(H,23,27)(H,24,25,28). The molecule has 1 aromatic heterocycles. The molecule has 154 valence electrons. The van der Waals surface area contributed by atoms with Crippen molar-refractivity contribution >= 4 is 49.9 Å². The Kier molecular flexibility index (Phi) is 5.67. The van der Waals surface area contributed by atoms with Crippen molar-refractivity contribution in [1.82, 2.24) is 4.98 Å². The van der Waals surface area contributed by atoms with Gasteiger partial charge >= 0.3 is 0 Å². The number of carbonyl (C=O) groups excluding carboxylic acids is 2. The van der Waals surface area contributed by atoms with Crippen LogP contribution in [0.15, 0.2) is 72.8 Å². The molecule has 0 atom stereocenters. The van der Waals surface area contributed by atoms with E-state index >= 15 is 0 Å². The average molecular weight is 432 g/mol. The fourth-order valence-electron chi connectivity index (χ4n) is 2.94. The maximum absolute atomic E-state index is 12.5. The van der Waals surface area contributed by atoms with E-state index in [1.165, 1.54) is 12.1 Å². The number of nitrogens with one attached hydrogen (secondary N) is 2. The van der Waals surface area contributed by atoms with Crippen LogP contribution >= 0.6 is 11.3 Å². The van der Waals surface area contributed by atoms with Gasteiger partial charge in [-0.25, -0.2) is 4.98 Å². The van der Waals surface area contributed by atoms with Crippen LogP contribution in [0.1, 0.15) is 15.9 Å². The number of fused-ring (bicyclic) bond motifs is 1. The molecule has 3 aromatic carbocycles. The zero-order valence-electron chi connectivity index (χ0n) is 16.1. The number of carbonyl (C=O) groups is 2. The normalized spacial score (nSPS) is 10.6. The van der Waals surface area contributed by atoms with Crippen molar-refractivity contribution in [2.45, 2.75) is 6.42 Å². The zero-order valence-corrected chi connectivity index (χ0v) is 16.9. The van der Waals surface area contributed by atoms with Crippen LogP contribution in [-0.2, 0) is 11.2 Å². The molecule has 0 saturated heterocycles. The SMILES string of the molecule is O=C(Cc1ccccc1)Nc1ccc(C(=O)Nc2nc3ccc([N+](=O)[O-])cc3s2)cc1. The molecular formula is C22H16N4O4S. The van der Waals surface area contributed by atoms with Crippen LogP contribution in [0.5, 0.6) is 0 Å². The van der Waals surface area contributed by atoms with Crippen LogP contribution in [0.2, 0.25) is 0 Å². The summed E-state index contributed by atoms with van der Waals surface area (Å²) in [6.07, 6.45) is 0.263. The highest BCUT2D eigenvalue weighted by Crippen LogP contribution is 2.29.